The largest absolute Gasteiger partial charge is 0.385 e. The molecule has 0 bridgehead atoms. The summed E-state index contributed by atoms with van der Waals surface area (Å²) < 4.78 is 1.78. The van der Waals surface area contributed by atoms with Crippen LogP contribution in [0.15, 0.2) is 42.5 Å². The van der Waals surface area contributed by atoms with E-state index in [0.717, 1.165) is 29.8 Å². The van der Waals surface area contributed by atoms with Gasteiger partial charge in [0.05, 0.1) is 5.60 Å². The Morgan fingerprint density at radius 1 is 1.17 bits per heavy atom. The van der Waals surface area contributed by atoms with E-state index in [1.807, 2.05) is 43.3 Å². The van der Waals surface area contributed by atoms with Crippen molar-refractivity contribution in [2.75, 3.05) is 23.3 Å². The number of fused-ring (bicyclic) bond motifs is 1. The molecule has 1 aliphatic heterocycles. The number of carbonyl (C=O) groups is 1. The molecule has 7 nitrogen and oxygen atoms in total. The van der Waals surface area contributed by atoms with Crippen molar-refractivity contribution in [1.29, 1.82) is 0 Å². The predicted molar refractivity (Wildman–Crippen MR) is 111 cm³/mol. The number of aliphatic hydroxyl groups is 1. The van der Waals surface area contributed by atoms with Gasteiger partial charge in [0.1, 0.15) is 5.82 Å². The number of nitrogens with one attached hydrogen (secondary N) is 1. The van der Waals surface area contributed by atoms with E-state index < -0.39 is 5.60 Å². The van der Waals surface area contributed by atoms with Crippen LogP contribution in [0.4, 0.5) is 11.8 Å². The molecule has 150 valence electrons. The monoisotopic (exact) mass is 391 g/mol. The maximum absolute atomic E-state index is 12.0. The summed E-state index contributed by atoms with van der Waals surface area (Å²) in [4.78, 5) is 18.7. The number of rotatable bonds is 4. The Kier molecular flexibility index (Phi) is 4.28. The van der Waals surface area contributed by atoms with Crippen LogP contribution in [0, 0.1) is 12.8 Å². The van der Waals surface area contributed by atoms with Crippen LogP contribution in [0.1, 0.15) is 36.8 Å². The Morgan fingerprint density at radius 3 is 2.66 bits per heavy atom. The number of anilines is 2. The molecule has 5 rings (SSSR count). The van der Waals surface area contributed by atoms with Crippen molar-refractivity contribution in [3.8, 4) is 0 Å². The highest BCUT2D eigenvalue weighted by molar-refractivity contribution is 5.92. The van der Waals surface area contributed by atoms with Gasteiger partial charge < -0.3 is 10.0 Å². The maximum atomic E-state index is 12.0. The number of nitrogens with zero attached hydrogens (tertiary/aromatic N) is 4. The first kappa shape index (κ1) is 18.1. The van der Waals surface area contributed by atoms with Crippen LogP contribution in [0.2, 0.25) is 0 Å². The van der Waals surface area contributed by atoms with Gasteiger partial charge in [-0.2, -0.15) is 9.50 Å². The van der Waals surface area contributed by atoms with Crippen molar-refractivity contribution >= 4 is 23.3 Å². The van der Waals surface area contributed by atoms with Gasteiger partial charge in [-0.25, -0.2) is 0 Å². The summed E-state index contributed by atoms with van der Waals surface area (Å²) in [5.41, 5.74) is 2.04. The Bertz CT molecular complexity index is 1060. The molecule has 2 aromatic heterocycles. The Balaban J connectivity index is 1.36. The molecular formula is C22H25N5O2. The number of aryl methyl sites for hydroxylation is 1. The molecular weight excluding hydrogens is 366 g/mol. The maximum Gasteiger partial charge on any atom is 0.249 e. The summed E-state index contributed by atoms with van der Waals surface area (Å²) in [6.07, 6.45) is 3.18. The second-order valence-electron chi connectivity index (χ2n) is 8.24. The van der Waals surface area contributed by atoms with Crippen LogP contribution in [0.5, 0.6) is 0 Å². The lowest BCUT2D eigenvalue weighted by atomic mass is 9.84. The topological polar surface area (TPSA) is 82.8 Å². The quantitative estimate of drug-likeness (QED) is 0.715. The lowest BCUT2D eigenvalue weighted by Gasteiger charge is -2.39. The summed E-state index contributed by atoms with van der Waals surface area (Å²) in [6, 6.07) is 14.0. The fraction of sp³-hybridized carbons (Fsp3) is 0.409. The zero-order valence-corrected chi connectivity index (χ0v) is 16.5. The van der Waals surface area contributed by atoms with Crippen molar-refractivity contribution in [2.45, 2.75) is 38.2 Å². The first-order valence-electron chi connectivity index (χ1n) is 10.2. The first-order valence-corrected chi connectivity index (χ1v) is 10.2. The summed E-state index contributed by atoms with van der Waals surface area (Å²) in [6.45, 7) is 3.48. The normalized spacial score (nSPS) is 18.8. The highest BCUT2D eigenvalue weighted by Crippen LogP contribution is 2.35. The Labute approximate surface area is 169 Å². The number of amides is 1. The first-order chi connectivity index (χ1) is 14.0. The molecule has 3 aromatic rings. The van der Waals surface area contributed by atoms with Gasteiger partial charge in [-0.05, 0) is 50.3 Å². The number of aromatic nitrogens is 3. The van der Waals surface area contributed by atoms with E-state index in [1.165, 1.54) is 0 Å². The van der Waals surface area contributed by atoms with Crippen molar-refractivity contribution in [3.05, 3.63) is 53.6 Å². The number of piperidine rings is 1. The minimum atomic E-state index is -0.803. The third-order valence-corrected chi connectivity index (χ3v) is 5.99. The summed E-state index contributed by atoms with van der Waals surface area (Å²) in [5.74, 6) is 1.39. The van der Waals surface area contributed by atoms with Crippen molar-refractivity contribution < 1.29 is 9.90 Å². The average Bonchev–Trinajstić information content (AvgIpc) is 3.49. The minimum absolute atomic E-state index is 0.00338. The van der Waals surface area contributed by atoms with Gasteiger partial charge in [0, 0.05) is 19.0 Å². The molecule has 0 unspecified atom stereocenters. The zero-order valence-electron chi connectivity index (χ0n) is 16.5. The SMILES string of the molecule is Cc1cccc(C2(O)CCN(c3cccc4nc(NC(=O)C5CC5)nn34)CC2)c1. The molecule has 1 saturated heterocycles. The summed E-state index contributed by atoms with van der Waals surface area (Å²) in [5, 5.41) is 18.5. The summed E-state index contributed by atoms with van der Waals surface area (Å²) in [7, 11) is 0. The van der Waals surface area contributed by atoms with E-state index in [9.17, 15) is 9.90 Å². The molecule has 1 amide bonds. The molecule has 2 fully saturated rings. The fourth-order valence-electron chi connectivity index (χ4n) is 4.07. The number of benzene rings is 1. The third-order valence-electron chi connectivity index (χ3n) is 5.99. The fourth-order valence-corrected chi connectivity index (χ4v) is 4.07. The smallest absolute Gasteiger partial charge is 0.249 e. The van der Waals surface area contributed by atoms with Crippen LogP contribution in [-0.2, 0) is 10.4 Å². The Hall–Kier alpha value is -2.93. The highest BCUT2D eigenvalue weighted by Gasteiger charge is 2.35. The number of pyridine rings is 1. The molecule has 2 aliphatic rings. The van der Waals surface area contributed by atoms with Crippen molar-refractivity contribution in [3.63, 3.8) is 0 Å². The molecule has 1 saturated carbocycles. The van der Waals surface area contributed by atoms with Gasteiger partial charge >= 0.3 is 0 Å². The Morgan fingerprint density at radius 2 is 1.93 bits per heavy atom. The highest BCUT2D eigenvalue weighted by atomic mass is 16.3. The average molecular weight is 391 g/mol. The molecule has 2 N–H and O–H groups in total. The third kappa shape index (κ3) is 3.46. The molecule has 0 radical (unpaired) electrons. The minimum Gasteiger partial charge on any atom is -0.385 e. The van der Waals surface area contributed by atoms with E-state index in [2.05, 4.69) is 26.4 Å². The lowest BCUT2D eigenvalue weighted by molar-refractivity contribution is -0.117. The second kappa shape index (κ2) is 6.84. The van der Waals surface area contributed by atoms with Crippen LogP contribution < -0.4 is 10.2 Å². The van der Waals surface area contributed by atoms with Gasteiger partial charge in [0.15, 0.2) is 5.65 Å². The van der Waals surface area contributed by atoms with Crippen LogP contribution in [0.25, 0.3) is 5.65 Å². The van der Waals surface area contributed by atoms with Crippen LogP contribution in [0.3, 0.4) is 0 Å². The van der Waals surface area contributed by atoms with Gasteiger partial charge in [0.2, 0.25) is 11.9 Å². The molecule has 0 spiro atoms. The van der Waals surface area contributed by atoms with E-state index in [1.54, 1.807) is 4.52 Å². The predicted octanol–water partition coefficient (Wildman–Crippen LogP) is 2.87. The lowest BCUT2D eigenvalue weighted by Crippen LogP contribution is -2.43. The standard InChI is InChI=1S/C22H25N5O2/c1-15-4-2-5-17(14-15)22(29)10-12-26(13-11-22)19-7-3-6-18-23-21(25-27(18)19)24-20(28)16-8-9-16/h2-7,14,16,29H,8-13H2,1H3,(H,24,25,28). The van der Waals surface area contributed by atoms with E-state index in [-0.39, 0.29) is 11.8 Å². The van der Waals surface area contributed by atoms with Crippen molar-refractivity contribution in [1.82, 2.24) is 14.6 Å². The van der Waals surface area contributed by atoms with Crippen LogP contribution >= 0.6 is 0 Å². The number of hydrogen-bond donors (Lipinski definition) is 2. The summed E-state index contributed by atoms with van der Waals surface area (Å²) >= 11 is 0. The molecule has 0 atom stereocenters. The zero-order chi connectivity index (χ0) is 20.0. The second-order valence-corrected chi connectivity index (χ2v) is 8.24. The molecule has 1 aliphatic carbocycles. The van der Waals surface area contributed by atoms with Crippen LogP contribution in [-0.4, -0.2) is 38.7 Å². The molecule has 1 aromatic carbocycles. The number of hydrogen-bond acceptors (Lipinski definition) is 5. The van der Waals surface area contributed by atoms with Gasteiger partial charge in [-0.1, -0.05) is 35.9 Å². The van der Waals surface area contributed by atoms with E-state index in [0.29, 0.717) is 37.5 Å². The molecule has 7 heteroatoms. The van der Waals surface area contributed by atoms with Crippen molar-refractivity contribution in [2.24, 2.45) is 5.92 Å². The number of carbonyl (C=O) groups excluding carboxylic acids is 1. The molecule has 29 heavy (non-hydrogen) atoms. The van der Waals surface area contributed by atoms with Gasteiger partial charge in [-0.15, -0.1) is 5.10 Å². The van der Waals surface area contributed by atoms with E-state index >= 15 is 0 Å². The molecule has 3 heterocycles. The van der Waals surface area contributed by atoms with E-state index in [4.69, 9.17) is 0 Å². The van der Waals surface area contributed by atoms with Gasteiger partial charge in [0.25, 0.3) is 0 Å². The van der Waals surface area contributed by atoms with Gasteiger partial charge in [-0.3, -0.25) is 10.1 Å².